The van der Waals surface area contributed by atoms with Crippen LogP contribution in [0.1, 0.15) is 39.0 Å². The summed E-state index contributed by atoms with van der Waals surface area (Å²) in [5.41, 5.74) is 8.89. The summed E-state index contributed by atoms with van der Waals surface area (Å²) in [6, 6.07) is -0.000849. The van der Waals surface area contributed by atoms with E-state index in [9.17, 15) is 9.59 Å². The minimum absolute atomic E-state index is 0.000849. The third-order valence-corrected chi connectivity index (χ3v) is 5.76. The van der Waals surface area contributed by atoms with Crippen LogP contribution < -0.4 is 5.32 Å². The number of ether oxygens (including phenoxy) is 5. The average molecular weight is 502 g/mol. The molecule has 1 aliphatic carbocycles. The number of nitrogens with one attached hydrogen (secondary N) is 1. The number of carbonyl (C=O) groups excluding carboxylic acids is 2. The van der Waals surface area contributed by atoms with Crippen LogP contribution in [0, 0.1) is 0 Å². The molecule has 31 heavy (non-hydrogen) atoms. The first-order valence-corrected chi connectivity index (χ1v) is 11.0. The lowest BCUT2D eigenvalue weighted by molar-refractivity contribution is -0.200. The van der Waals surface area contributed by atoms with E-state index in [0.717, 1.165) is 32.1 Å². The number of esters is 1. The van der Waals surface area contributed by atoms with Gasteiger partial charge in [0, 0.05) is 17.9 Å². The highest BCUT2D eigenvalue weighted by atomic mass is 35.6. The van der Waals surface area contributed by atoms with Gasteiger partial charge in [-0.3, -0.25) is 4.79 Å². The van der Waals surface area contributed by atoms with Crippen LogP contribution in [-0.4, -0.2) is 65.4 Å². The zero-order valence-electron chi connectivity index (χ0n) is 16.6. The van der Waals surface area contributed by atoms with E-state index in [4.69, 9.17) is 64.0 Å². The van der Waals surface area contributed by atoms with Gasteiger partial charge in [-0.15, -0.1) is 0 Å². The number of amides is 1. The molecule has 0 radical (unpaired) electrons. The van der Waals surface area contributed by atoms with Crippen molar-refractivity contribution < 1.29 is 33.3 Å². The molecule has 0 aromatic rings. The van der Waals surface area contributed by atoms with E-state index < -0.39 is 52.8 Å². The summed E-state index contributed by atoms with van der Waals surface area (Å²) in [6.45, 7) is 0.940. The van der Waals surface area contributed by atoms with E-state index >= 15 is 0 Å². The maximum absolute atomic E-state index is 12.6. The highest BCUT2D eigenvalue weighted by molar-refractivity contribution is 6.67. The molecule has 3 fully saturated rings. The lowest BCUT2D eigenvalue weighted by Gasteiger charge is -2.40. The van der Waals surface area contributed by atoms with E-state index in [-0.39, 0.29) is 12.6 Å². The minimum Gasteiger partial charge on any atom is -0.463 e. The number of carbonyl (C=O) groups is 2. The van der Waals surface area contributed by atoms with Gasteiger partial charge in [0.25, 0.3) is 0 Å². The maximum Gasteiger partial charge on any atom is 0.407 e. The molecule has 0 bridgehead atoms. The number of alkyl halides is 3. The molecule has 2 saturated heterocycles. The van der Waals surface area contributed by atoms with Crippen LogP contribution in [0.4, 0.5) is 4.79 Å². The Morgan fingerprint density at radius 1 is 1.16 bits per heavy atom. The Bertz CT molecular complexity index is 712. The van der Waals surface area contributed by atoms with Crippen molar-refractivity contribution in [3.05, 3.63) is 10.4 Å². The Kier molecular flexibility index (Phi) is 8.37. The standard InChI is InChI=1S/C17H23Cl3N4O7/c1-8(25)27-7-10-11(31-16(26)22-9-5-3-2-4-6-9)12-13(14(28-10)23-24-21)30-15(29-12)17(18,19)20/h9-15H,2-7H2,1H3,(H,22,26)/t10-,11+,12-,13-,14-,15?/m1/s1. The Morgan fingerprint density at radius 3 is 2.45 bits per heavy atom. The molecule has 174 valence electrons. The van der Waals surface area contributed by atoms with Crippen LogP contribution in [0.2, 0.25) is 0 Å². The topological polar surface area (TPSA) is 141 Å². The van der Waals surface area contributed by atoms with Gasteiger partial charge >= 0.3 is 12.1 Å². The molecule has 1 unspecified atom stereocenters. The summed E-state index contributed by atoms with van der Waals surface area (Å²) in [4.78, 5) is 26.6. The molecular formula is C17H23Cl3N4O7. The van der Waals surface area contributed by atoms with Gasteiger partial charge in [-0.25, -0.2) is 4.79 Å². The highest BCUT2D eigenvalue weighted by Gasteiger charge is 2.58. The SMILES string of the molecule is CC(=O)OC[C@H]1O[C@@H](N=[N+]=[N-])[C@@H]2OC(C(Cl)(Cl)Cl)O[C@@H]2[C@H]1OC(=O)NC1CCCCC1. The second kappa shape index (κ2) is 10.6. The number of fused-ring (bicyclic) bond motifs is 1. The van der Waals surface area contributed by atoms with E-state index in [1.54, 1.807) is 0 Å². The number of rotatable bonds is 5. The van der Waals surface area contributed by atoms with Gasteiger partial charge in [0.05, 0.1) is 0 Å². The molecule has 11 nitrogen and oxygen atoms in total. The summed E-state index contributed by atoms with van der Waals surface area (Å²) < 4.78 is 25.7. The Hall–Kier alpha value is -1.20. The van der Waals surface area contributed by atoms with Gasteiger partial charge < -0.3 is 29.0 Å². The quantitative estimate of drug-likeness (QED) is 0.200. The van der Waals surface area contributed by atoms with Crippen LogP contribution in [0.3, 0.4) is 0 Å². The largest absolute Gasteiger partial charge is 0.463 e. The van der Waals surface area contributed by atoms with Gasteiger partial charge in [-0.1, -0.05) is 59.2 Å². The van der Waals surface area contributed by atoms with Crippen LogP contribution in [-0.2, 0) is 28.5 Å². The van der Waals surface area contributed by atoms with Gasteiger partial charge in [-0.2, -0.15) is 0 Å². The van der Waals surface area contributed by atoms with Crippen LogP contribution in [0.25, 0.3) is 10.4 Å². The Labute approximate surface area is 193 Å². The second-order valence-electron chi connectivity index (χ2n) is 7.50. The zero-order chi connectivity index (χ0) is 22.6. The van der Waals surface area contributed by atoms with E-state index in [1.165, 1.54) is 6.92 Å². The first-order valence-electron chi connectivity index (χ1n) is 9.87. The van der Waals surface area contributed by atoms with Crippen molar-refractivity contribution in [2.24, 2.45) is 5.11 Å². The lowest BCUT2D eigenvalue weighted by atomic mass is 9.96. The van der Waals surface area contributed by atoms with Crippen molar-refractivity contribution in [3.8, 4) is 0 Å². The Balaban J connectivity index is 1.79. The van der Waals surface area contributed by atoms with Crippen LogP contribution in [0.5, 0.6) is 0 Å². The summed E-state index contributed by atoms with van der Waals surface area (Å²) >= 11 is 17.7. The average Bonchev–Trinajstić information content (AvgIpc) is 3.15. The van der Waals surface area contributed by atoms with E-state index in [1.807, 2.05) is 0 Å². The fraction of sp³-hybridized carbons (Fsp3) is 0.882. The summed E-state index contributed by atoms with van der Waals surface area (Å²) in [5.74, 6) is -0.570. The van der Waals surface area contributed by atoms with Crippen molar-refractivity contribution in [2.75, 3.05) is 6.61 Å². The molecule has 14 heteroatoms. The van der Waals surface area contributed by atoms with E-state index in [0.29, 0.717) is 0 Å². The smallest absolute Gasteiger partial charge is 0.407 e. The molecule has 3 aliphatic rings. The zero-order valence-corrected chi connectivity index (χ0v) is 18.9. The fourth-order valence-electron chi connectivity index (χ4n) is 3.86. The van der Waals surface area contributed by atoms with Gasteiger partial charge in [0.2, 0.25) is 10.1 Å². The summed E-state index contributed by atoms with van der Waals surface area (Å²) in [6.07, 6.45) is -2.43. The fourth-order valence-corrected chi connectivity index (χ4v) is 4.17. The third kappa shape index (κ3) is 6.41. The predicted octanol–water partition coefficient (Wildman–Crippen LogP) is 3.49. The number of hydrogen-bond donors (Lipinski definition) is 1. The van der Waals surface area contributed by atoms with Crippen molar-refractivity contribution >= 4 is 46.9 Å². The van der Waals surface area contributed by atoms with Crippen LogP contribution >= 0.6 is 34.8 Å². The van der Waals surface area contributed by atoms with Gasteiger partial charge in [-0.05, 0) is 18.4 Å². The summed E-state index contributed by atoms with van der Waals surface area (Å²) in [5, 5.41) is 6.38. The normalized spacial score (nSPS) is 33.7. The molecule has 0 aromatic heterocycles. The monoisotopic (exact) mass is 500 g/mol. The number of alkyl carbamates (subject to hydrolysis) is 1. The summed E-state index contributed by atoms with van der Waals surface area (Å²) in [7, 11) is 0. The highest BCUT2D eigenvalue weighted by Crippen LogP contribution is 2.43. The molecular weight excluding hydrogens is 479 g/mol. The molecule has 1 N–H and O–H groups in total. The Morgan fingerprint density at radius 2 is 1.84 bits per heavy atom. The number of halogens is 3. The maximum atomic E-state index is 12.6. The lowest BCUT2D eigenvalue weighted by Crippen LogP contribution is -2.59. The van der Waals surface area contributed by atoms with Gasteiger partial charge in [0.1, 0.15) is 24.9 Å². The molecule has 0 spiro atoms. The molecule has 1 amide bonds. The molecule has 2 heterocycles. The van der Waals surface area contributed by atoms with Crippen molar-refractivity contribution in [2.45, 2.75) is 85.8 Å². The molecule has 6 atom stereocenters. The molecule has 3 rings (SSSR count). The van der Waals surface area contributed by atoms with Crippen LogP contribution in [0.15, 0.2) is 5.11 Å². The molecule has 2 aliphatic heterocycles. The minimum atomic E-state index is -1.96. The number of nitrogens with zero attached hydrogens (tertiary/aromatic N) is 3. The van der Waals surface area contributed by atoms with Crippen molar-refractivity contribution in [1.29, 1.82) is 0 Å². The second-order valence-corrected chi connectivity index (χ2v) is 9.87. The molecule has 0 aromatic carbocycles. The van der Waals surface area contributed by atoms with E-state index in [2.05, 4.69) is 15.3 Å². The third-order valence-electron chi connectivity index (χ3n) is 5.22. The first kappa shape index (κ1) is 24.4. The van der Waals surface area contributed by atoms with Crippen molar-refractivity contribution in [3.63, 3.8) is 0 Å². The first-order chi connectivity index (χ1) is 14.7. The number of hydrogen-bond acceptors (Lipinski definition) is 8. The van der Waals surface area contributed by atoms with Gasteiger partial charge in [0.15, 0.2) is 12.3 Å². The predicted molar refractivity (Wildman–Crippen MR) is 109 cm³/mol. The van der Waals surface area contributed by atoms with Crippen molar-refractivity contribution in [1.82, 2.24) is 5.32 Å². The number of azide groups is 1. The molecule has 1 saturated carbocycles.